The van der Waals surface area contributed by atoms with Gasteiger partial charge in [-0.1, -0.05) is 0 Å². The Morgan fingerprint density at radius 1 is 1.25 bits per heavy atom. The average molecular weight is 352 g/mol. The highest BCUT2D eigenvalue weighted by Gasteiger charge is 2.13. The van der Waals surface area contributed by atoms with E-state index in [1.54, 1.807) is 11.4 Å². The van der Waals surface area contributed by atoms with E-state index >= 15 is 0 Å². The minimum Gasteiger partial charge on any atom is -0.452 e. The number of nitriles is 1. The van der Waals surface area contributed by atoms with E-state index in [0.717, 1.165) is 0 Å². The molecular formula is C15H10F2N2O4S. The fraction of sp³-hybridized carbons (Fsp3) is 0.133. The predicted octanol–water partition coefficient (Wildman–Crippen LogP) is 3.02. The standard InChI is InChI=1S/C15H10F2N2O4S/c16-15(17)23-11-3-1-9(2-4-11)14(21)22-8-12(20)19-13-10(7-18)5-6-24-13/h1-6,15H,8H2,(H,19,20). The third kappa shape index (κ3) is 4.76. The van der Waals surface area contributed by atoms with Gasteiger partial charge in [-0.2, -0.15) is 14.0 Å². The van der Waals surface area contributed by atoms with E-state index in [1.165, 1.54) is 35.6 Å². The lowest BCUT2D eigenvalue weighted by Gasteiger charge is -2.07. The highest BCUT2D eigenvalue weighted by molar-refractivity contribution is 7.14. The zero-order chi connectivity index (χ0) is 17.5. The number of nitrogens with zero attached hydrogens (tertiary/aromatic N) is 1. The Bertz CT molecular complexity index is 769. The van der Waals surface area contributed by atoms with E-state index < -0.39 is 25.1 Å². The van der Waals surface area contributed by atoms with Crippen LogP contribution in [-0.4, -0.2) is 25.1 Å². The molecule has 1 N–H and O–H groups in total. The highest BCUT2D eigenvalue weighted by atomic mass is 32.1. The van der Waals surface area contributed by atoms with Crippen molar-refractivity contribution in [3.05, 3.63) is 46.8 Å². The maximum absolute atomic E-state index is 12.0. The number of nitrogens with one attached hydrogen (secondary N) is 1. The van der Waals surface area contributed by atoms with Crippen LogP contribution in [0.1, 0.15) is 15.9 Å². The molecule has 1 amide bonds. The van der Waals surface area contributed by atoms with Crippen molar-refractivity contribution in [2.24, 2.45) is 0 Å². The maximum Gasteiger partial charge on any atom is 0.387 e. The molecule has 0 fully saturated rings. The van der Waals surface area contributed by atoms with Crippen LogP contribution in [0.25, 0.3) is 0 Å². The molecule has 1 aromatic carbocycles. The second kappa shape index (κ2) is 8.03. The Kier molecular flexibility index (Phi) is 5.81. The number of hydrogen-bond donors (Lipinski definition) is 1. The Labute approximate surface area is 139 Å². The summed E-state index contributed by atoms with van der Waals surface area (Å²) in [6, 6.07) is 8.32. The van der Waals surface area contributed by atoms with Crippen LogP contribution in [0.15, 0.2) is 35.7 Å². The van der Waals surface area contributed by atoms with Crippen molar-refractivity contribution in [1.82, 2.24) is 0 Å². The molecule has 24 heavy (non-hydrogen) atoms. The van der Waals surface area contributed by atoms with Crippen LogP contribution in [0.2, 0.25) is 0 Å². The summed E-state index contributed by atoms with van der Waals surface area (Å²) in [4.78, 5) is 23.5. The first-order valence-corrected chi connectivity index (χ1v) is 7.37. The molecule has 2 rings (SSSR count). The van der Waals surface area contributed by atoms with E-state index in [0.29, 0.717) is 10.6 Å². The number of alkyl halides is 2. The lowest BCUT2D eigenvalue weighted by atomic mass is 10.2. The van der Waals surface area contributed by atoms with E-state index in [4.69, 9.17) is 10.00 Å². The van der Waals surface area contributed by atoms with Gasteiger partial charge in [0.1, 0.15) is 16.8 Å². The summed E-state index contributed by atoms with van der Waals surface area (Å²) >= 11 is 1.17. The molecule has 0 spiro atoms. The van der Waals surface area contributed by atoms with Crippen molar-refractivity contribution < 1.29 is 27.8 Å². The van der Waals surface area contributed by atoms with Crippen LogP contribution in [0.4, 0.5) is 13.8 Å². The molecule has 0 atom stereocenters. The molecular weight excluding hydrogens is 342 g/mol. The Hall–Kier alpha value is -2.99. The van der Waals surface area contributed by atoms with Crippen molar-refractivity contribution in [2.45, 2.75) is 6.61 Å². The molecule has 0 aliphatic heterocycles. The number of carbonyl (C=O) groups excluding carboxylic acids is 2. The van der Waals surface area contributed by atoms with Gasteiger partial charge in [0.15, 0.2) is 6.61 Å². The molecule has 0 radical (unpaired) electrons. The van der Waals surface area contributed by atoms with E-state index in [1.807, 2.05) is 6.07 Å². The lowest BCUT2D eigenvalue weighted by molar-refractivity contribution is -0.119. The summed E-state index contributed by atoms with van der Waals surface area (Å²) in [5.41, 5.74) is 0.396. The number of anilines is 1. The SMILES string of the molecule is N#Cc1ccsc1NC(=O)COC(=O)c1ccc(OC(F)F)cc1. The molecule has 6 nitrogen and oxygen atoms in total. The molecule has 9 heteroatoms. The molecule has 124 valence electrons. The van der Waals surface area contributed by atoms with Crippen LogP contribution >= 0.6 is 11.3 Å². The number of benzene rings is 1. The fourth-order valence-corrected chi connectivity index (χ4v) is 2.40. The van der Waals surface area contributed by atoms with Gasteiger partial charge >= 0.3 is 12.6 Å². The quantitative estimate of drug-likeness (QED) is 0.808. The number of carbonyl (C=O) groups is 2. The summed E-state index contributed by atoms with van der Waals surface area (Å²) < 4.78 is 33.0. The number of esters is 1. The summed E-state index contributed by atoms with van der Waals surface area (Å²) in [5, 5.41) is 13.3. The zero-order valence-electron chi connectivity index (χ0n) is 12.0. The molecule has 0 bridgehead atoms. The van der Waals surface area contributed by atoms with Crippen molar-refractivity contribution in [3.8, 4) is 11.8 Å². The molecule has 0 aliphatic carbocycles. The van der Waals surface area contributed by atoms with Crippen LogP contribution in [-0.2, 0) is 9.53 Å². The zero-order valence-corrected chi connectivity index (χ0v) is 12.8. The van der Waals surface area contributed by atoms with Gasteiger partial charge in [0.2, 0.25) is 0 Å². The average Bonchev–Trinajstić information content (AvgIpc) is 3.00. The van der Waals surface area contributed by atoms with Crippen LogP contribution in [0, 0.1) is 11.3 Å². The number of thiophene rings is 1. The van der Waals surface area contributed by atoms with Crippen molar-refractivity contribution in [2.75, 3.05) is 11.9 Å². The van der Waals surface area contributed by atoms with Crippen molar-refractivity contribution >= 4 is 28.2 Å². The molecule has 0 saturated heterocycles. The molecule has 1 heterocycles. The van der Waals surface area contributed by atoms with Crippen LogP contribution < -0.4 is 10.1 Å². The summed E-state index contributed by atoms with van der Waals surface area (Å²) in [7, 11) is 0. The Morgan fingerprint density at radius 2 is 1.96 bits per heavy atom. The number of halogens is 2. The third-order valence-corrected chi connectivity index (χ3v) is 3.52. The predicted molar refractivity (Wildman–Crippen MR) is 81.0 cm³/mol. The number of ether oxygens (including phenoxy) is 2. The van der Waals surface area contributed by atoms with E-state index in [2.05, 4.69) is 10.1 Å². The molecule has 2 aromatic rings. The Balaban J connectivity index is 1.86. The maximum atomic E-state index is 12.0. The second-order valence-electron chi connectivity index (χ2n) is 4.30. The minimum atomic E-state index is -2.96. The van der Waals surface area contributed by atoms with Gasteiger partial charge in [0.05, 0.1) is 11.1 Å². The fourth-order valence-electron chi connectivity index (χ4n) is 1.64. The number of hydrogen-bond acceptors (Lipinski definition) is 6. The van der Waals surface area contributed by atoms with Gasteiger partial charge < -0.3 is 14.8 Å². The number of amides is 1. The van der Waals surface area contributed by atoms with Gasteiger partial charge in [-0.3, -0.25) is 4.79 Å². The smallest absolute Gasteiger partial charge is 0.387 e. The monoisotopic (exact) mass is 352 g/mol. The van der Waals surface area contributed by atoms with Gasteiger partial charge in [-0.15, -0.1) is 11.3 Å². The molecule has 0 saturated carbocycles. The summed E-state index contributed by atoms with van der Waals surface area (Å²) in [5.74, 6) is -1.48. The lowest BCUT2D eigenvalue weighted by Crippen LogP contribution is -2.20. The Morgan fingerprint density at radius 3 is 2.58 bits per heavy atom. The first kappa shape index (κ1) is 17.4. The van der Waals surface area contributed by atoms with Crippen molar-refractivity contribution in [1.29, 1.82) is 5.26 Å². The molecule has 1 aromatic heterocycles. The first-order valence-electron chi connectivity index (χ1n) is 6.49. The highest BCUT2D eigenvalue weighted by Crippen LogP contribution is 2.22. The minimum absolute atomic E-state index is 0.0817. The normalized spacial score (nSPS) is 10.1. The summed E-state index contributed by atoms with van der Waals surface area (Å²) in [6.45, 7) is -3.50. The van der Waals surface area contributed by atoms with Gasteiger partial charge in [0, 0.05) is 0 Å². The molecule has 0 unspecified atom stereocenters. The van der Waals surface area contributed by atoms with Gasteiger partial charge in [0.25, 0.3) is 5.91 Å². The van der Waals surface area contributed by atoms with Gasteiger partial charge in [-0.05, 0) is 35.7 Å². The topological polar surface area (TPSA) is 88.4 Å². The van der Waals surface area contributed by atoms with Crippen LogP contribution in [0.3, 0.4) is 0 Å². The van der Waals surface area contributed by atoms with Gasteiger partial charge in [-0.25, -0.2) is 4.79 Å². The second-order valence-corrected chi connectivity index (χ2v) is 5.22. The number of rotatable bonds is 6. The summed E-state index contributed by atoms with van der Waals surface area (Å²) in [6.07, 6.45) is 0. The van der Waals surface area contributed by atoms with E-state index in [9.17, 15) is 18.4 Å². The van der Waals surface area contributed by atoms with Crippen molar-refractivity contribution in [3.63, 3.8) is 0 Å². The molecule has 0 aliphatic rings. The largest absolute Gasteiger partial charge is 0.452 e. The van der Waals surface area contributed by atoms with E-state index in [-0.39, 0.29) is 11.3 Å². The van der Waals surface area contributed by atoms with Crippen LogP contribution in [0.5, 0.6) is 5.75 Å². The first-order chi connectivity index (χ1) is 11.5. The third-order valence-electron chi connectivity index (χ3n) is 2.69.